The standard InChI is InChI=1S/C16H25N5O2S.C16H24N2O2S.C9H21N.C7H4ClNO2S/c1-2-3-4-5-6-7-10-13-17-24(22,23)15-12-9-8-11-14(15)16-18-20-21-19-16;1-2-3-4-5-6-7-10-13-18-21(19,20)16-12-9-8-11-15(16)14-17;1-2-3-4-5-6-7-8-9-10;8-12(10,11)7-4-2-1-3-6(7)5-9/h8-9,11-12,17H,2-7,10,13H2,1H3,(H,18,19,20,21);8-9,11-12,18H,2-7,10,13H2,1H3;2-10H2,1H3;1-4H. The monoisotopic (exact) mass is 1000 g/mol. The van der Waals surface area contributed by atoms with Gasteiger partial charge in [-0.1, -0.05) is 173 Å². The molecule has 0 aliphatic rings. The fourth-order valence-electron chi connectivity index (χ4n) is 6.56. The van der Waals surface area contributed by atoms with Gasteiger partial charge < -0.3 is 5.73 Å². The highest BCUT2D eigenvalue weighted by molar-refractivity contribution is 8.13. The molecule has 1 heterocycles. The van der Waals surface area contributed by atoms with Crippen LogP contribution in [0.4, 0.5) is 0 Å². The van der Waals surface area contributed by atoms with Crippen molar-refractivity contribution >= 4 is 39.8 Å². The van der Waals surface area contributed by atoms with Crippen molar-refractivity contribution in [3.8, 4) is 23.5 Å². The molecule has 1 aromatic heterocycles. The summed E-state index contributed by atoms with van der Waals surface area (Å²) in [7, 11) is -5.90. The zero-order valence-corrected chi connectivity index (χ0v) is 43.0. The molecule has 0 aliphatic heterocycles. The van der Waals surface area contributed by atoms with Crippen molar-refractivity contribution in [3.05, 3.63) is 83.9 Å². The molecular weight excluding hydrogens is 930 g/mol. The molecule has 3 aromatic carbocycles. The highest BCUT2D eigenvalue weighted by Gasteiger charge is 2.21. The third kappa shape index (κ3) is 26.8. The number of aromatic nitrogens is 4. The van der Waals surface area contributed by atoms with E-state index in [0.29, 0.717) is 18.7 Å². The van der Waals surface area contributed by atoms with Crippen LogP contribution in [0.25, 0.3) is 11.4 Å². The Balaban J connectivity index is 0.000000474. The second-order valence-electron chi connectivity index (χ2n) is 15.8. The molecule has 4 rings (SSSR count). The average molecular weight is 1000 g/mol. The van der Waals surface area contributed by atoms with Gasteiger partial charge in [0.2, 0.25) is 25.9 Å². The fourth-order valence-corrected chi connectivity index (χ4v) is 10.1. The summed E-state index contributed by atoms with van der Waals surface area (Å²) in [4.78, 5) is 0.0963. The number of nitrogens with one attached hydrogen (secondary N) is 3. The Kier molecular flexibility index (Phi) is 33.3. The Morgan fingerprint density at radius 1 is 0.537 bits per heavy atom. The van der Waals surface area contributed by atoms with E-state index >= 15 is 0 Å². The number of nitrogens with zero attached hydrogens (tertiary/aromatic N) is 5. The van der Waals surface area contributed by atoms with Gasteiger partial charge in [0.25, 0.3) is 9.05 Å². The van der Waals surface area contributed by atoms with Crippen molar-refractivity contribution in [2.45, 2.75) is 170 Å². The Morgan fingerprint density at radius 3 is 1.31 bits per heavy atom. The third-order valence-electron chi connectivity index (χ3n) is 10.3. The molecule has 67 heavy (non-hydrogen) atoms. The number of nitrogens with two attached hydrogens (primary N) is 1. The number of unbranched alkanes of at least 4 members (excludes halogenated alkanes) is 18. The van der Waals surface area contributed by atoms with Gasteiger partial charge in [0.1, 0.15) is 17.0 Å². The molecule has 0 saturated heterocycles. The number of halogens is 1. The predicted molar refractivity (Wildman–Crippen MR) is 268 cm³/mol. The van der Waals surface area contributed by atoms with E-state index in [1.807, 2.05) is 6.07 Å². The molecule has 4 aromatic rings. The molecule has 0 bridgehead atoms. The first-order valence-electron chi connectivity index (χ1n) is 23.7. The lowest BCUT2D eigenvalue weighted by Crippen LogP contribution is -2.25. The van der Waals surface area contributed by atoms with Crippen LogP contribution >= 0.6 is 10.7 Å². The number of nitriles is 2. The zero-order chi connectivity index (χ0) is 49.7. The fraction of sp³-hybridized carbons (Fsp3) is 0.562. The average Bonchev–Trinajstić information content (AvgIpc) is 3.88. The van der Waals surface area contributed by atoms with Crippen LogP contribution in [0.15, 0.2) is 87.5 Å². The van der Waals surface area contributed by atoms with Crippen LogP contribution in [-0.4, -0.2) is 65.5 Å². The highest BCUT2D eigenvalue weighted by Crippen LogP contribution is 2.24. The molecule has 5 N–H and O–H groups in total. The van der Waals surface area contributed by atoms with E-state index in [0.717, 1.165) is 45.1 Å². The van der Waals surface area contributed by atoms with E-state index in [9.17, 15) is 25.3 Å². The summed E-state index contributed by atoms with van der Waals surface area (Å²) < 4.78 is 76.2. The number of aromatic amines is 1. The van der Waals surface area contributed by atoms with Gasteiger partial charge in [0, 0.05) is 29.3 Å². The first-order valence-corrected chi connectivity index (χ1v) is 29.0. The van der Waals surface area contributed by atoms with Crippen LogP contribution < -0.4 is 15.2 Å². The summed E-state index contributed by atoms with van der Waals surface area (Å²) in [5.74, 6) is 0.270. The summed E-state index contributed by atoms with van der Waals surface area (Å²) in [6.45, 7) is 8.37. The van der Waals surface area contributed by atoms with Gasteiger partial charge in [-0.3, -0.25) is 0 Å². The van der Waals surface area contributed by atoms with Crippen LogP contribution in [0.5, 0.6) is 0 Å². The Morgan fingerprint density at radius 2 is 0.910 bits per heavy atom. The molecule has 0 saturated carbocycles. The number of sulfonamides is 2. The van der Waals surface area contributed by atoms with Gasteiger partial charge in [-0.15, -0.1) is 10.2 Å². The molecule has 19 heteroatoms. The summed E-state index contributed by atoms with van der Waals surface area (Å²) in [5.41, 5.74) is 6.06. The Hall–Kier alpha value is -4.27. The number of hydrogen-bond donors (Lipinski definition) is 4. The molecule has 15 nitrogen and oxygen atoms in total. The van der Waals surface area contributed by atoms with Crippen molar-refractivity contribution in [1.82, 2.24) is 30.1 Å². The third-order valence-corrected chi connectivity index (χ3v) is 14.7. The van der Waals surface area contributed by atoms with Crippen molar-refractivity contribution in [2.24, 2.45) is 5.73 Å². The van der Waals surface area contributed by atoms with Crippen molar-refractivity contribution in [3.63, 3.8) is 0 Å². The van der Waals surface area contributed by atoms with Crippen LogP contribution in [0, 0.1) is 22.7 Å². The van der Waals surface area contributed by atoms with Crippen LogP contribution in [-0.2, 0) is 29.1 Å². The molecule has 0 atom stereocenters. The number of rotatable bonds is 29. The normalized spacial score (nSPS) is 11.1. The maximum absolute atomic E-state index is 12.5. The molecule has 0 unspecified atom stereocenters. The minimum Gasteiger partial charge on any atom is -0.330 e. The minimum absolute atomic E-state index is 0.0625. The Labute approximate surface area is 406 Å². The topological polar surface area (TPSA) is 255 Å². The highest BCUT2D eigenvalue weighted by atomic mass is 35.7. The van der Waals surface area contributed by atoms with Crippen LogP contribution in [0.2, 0.25) is 0 Å². The molecule has 0 fully saturated rings. The molecule has 0 radical (unpaired) electrons. The zero-order valence-electron chi connectivity index (χ0n) is 39.8. The lowest BCUT2D eigenvalue weighted by molar-refractivity contribution is 0.562. The second-order valence-corrected chi connectivity index (χ2v) is 21.8. The summed E-state index contributed by atoms with van der Waals surface area (Å²) >= 11 is 0. The minimum atomic E-state index is -3.80. The van der Waals surface area contributed by atoms with Crippen LogP contribution in [0.1, 0.15) is 167 Å². The maximum atomic E-state index is 12.5. The number of tetrazole rings is 1. The van der Waals surface area contributed by atoms with Gasteiger partial charge in [0.15, 0.2) is 0 Å². The van der Waals surface area contributed by atoms with Gasteiger partial charge in [0.05, 0.1) is 20.9 Å². The summed E-state index contributed by atoms with van der Waals surface area (Å²) in [6, 6.07) is 22.4. The van der Waals surface area contributed by atoms with Crippen molar-refractivity contribution in [1.29, 1.82) is 10.5 Å². The molecule has 372 valence electrons. The number of H-pyrrole nitrogens is 1. The van der Waals surface area contributed by atoms with Gasteiger partial charge in [-0.25, -0.2) is 34.7 Å². The summed E-state index contributed by atoms with van der Waals surface area (Å²) in [6.07, 6.45) is 25.6. The number of benzene rings is 3. The second kappa shape index (κ2) is 36.7. The smallest absolute Gasteiger partial charge is 0.262 e. The molecule has 0 amide bonds. The van der Waals surface area contributed by atoms with E-state index < -0.39 is 29.1 Å². The number of hydrogen-bond acceptors (Lipinski definition) is 12. The predicted octanol–water partition coefficient (Wildman–Crippen LogP) is 10.7. The quantitative estimate of drug-likeness (QED) is 0.0293. The van der Waals surface area contributed by atoms with E-state index in [2.05, 4.69) is 50.8 Å². The van der Waals surface area contributed by atoms with E-state index in [1.165, 1.54) is 127 Å². The lowest BCUT2D eigenvalue weighted by Gasteiger charge is -2.09. The van der Waals surface area contributed by atoms with Gasteiger partial charge in [-0.05, 0) is 67.4 Å². The molecule has 0 aliphatic carbocycles. The van der Waals surface area contributed by atoms with Gasteiger partial charge >= 0.3 is 0 Å². The lowest BCUT2D eigenvalue weighted by atomic mass is 10.1. The van der Waals surface area contributed by atoms with E-state index in [4.69, 9.17) is 26.9 Å². The largest absolute Gasteiger partial charge is 0.330 e. The SMILES string of the molecule is CCCCCCCCCN.CCCCCCCCCNS(=O)(=O)c1ccccc1-c1nn[nH]n1.CCCCCCCCCNS(=O)(=O)c1ccccc1C#N.N#Cc1ccccc1S(=O)(=O)Cl. The van der Waals surface area contributed by atoms with Crippen molar-refractivity contribution in [2.75, 3.05) is 19.6 Å². The molecular formula is C48H74ClN9O6S3. The first-order chi connectivity index (χ1) is 32.2. The molecule has 0 spiro atoms. The van der Waals surface area contributed by atoms with E-state index in [-0.39, 0.29) is 31.6 Å². The summed E-state index contributed by atoms with van der Waals surface area (Å²) in [5, 5.41) is 31.0. The van der Waals surface area contributed by atoms with Gasteiger partial charge in [-0.2, -0.15) is 15.7 Å². The van der Waals surface area contributed by atoms with Crippen molar-refractivity contribution < 1.29 is 25.3 Å². The van der Waals surface area contributed by atoms with E-state index in [1.54, 1.807) is 48.5 Å². The van der Waals surface area contributed by atoms with Crippen LogP contribution in [0.3, 0.4) is 0 Å². The Bertz CT molecular complexity index is 2330. The first kappa shape index (κ1) is 60.7. The maximum Gasteiger partial charge on any atom is 0.262 e.